The summed E-state index contributed by atoms with van der Waals surface area (Å²) in [5.41, 5.74) is 4.79. The average Bonchev–Trinajstić information content (AvgIpc) is 2.66. The molecule has 2 N–H and O–H groups in total. The minimum absolute atomic E-state index is 0.00564. The molecule has 0 radical (unpaired) electrons. The quantitative estimate of drug-likeness (QED) is 0.558. The molecule has 0 aliphatic heterocycles. The van der Waals surface area contributed by atoms with Gasteiger partial charge in [-0.15, -0.1) is 0 Å². The number of carbonyl (C=O) groups is 2. The highest BCUT2D eigenvalue weighted by Crippen LogP contribution is 2.17. The molecular weight excluding hydrogens is 392 g/mol. The van der Waals surface area contributed by atoms with E-state index in [4.69, 9.17) is 11.6 Å². The van der Waals surface area contributed by atoms with Crippen molar-refractivity contribution in [1.82, 2.24) is 20.1 Å². The summed E-state index contributed by atoms with van der Waals surface area (Å²) < 4.78 is 26.4. The third-order valence-corrected chi connectivity index (χ3v) is 5.97. The molecule has 2 aromatic rings. The lowest BCUT2D eigenvalue weighted by molar-refractivity contribution is 0.0846. The smallest absolute Gasteiger partial charge is 0.267 e. The van der Waals surface area contributed by atoms with Crippen LogP contribution in [0.4, 0.5) is 0 Å². The maximum Gasteiger partial charge on any atom is 0.269 e. The molecule has 144 valence electrons. The van der Waals surface area contributed by atoms with Crippen LogP contribution in [0.25, 0.3) is 0 Å². The zero-order chi connectivity index (χ0) is 20.0. The van der Waals surface area contributed by atoms with Crippen LogP contribution in [-0.2, 0) is 10.0 Å². The minimum Gasteiger partial charge on any atom is -0.267 e. The third-order valence-electron chi connectivity index (χ3n) is 3.72. The molecule has 8 nitrogen and oxygen atoms in total. The number of amides is 2. The number of nitrogens with zero attached hydrogens (tertiary/aromatic N) is 2. The third kappa shape index (κ3) is 5.03. The van der Waals surface area contributed by atoms with Crippen LogP contribution >= 0.6 is 11.6 Å². The van der Waals surface area contributed by atoms with Gasteiger partial charge in [0.25, 0.3) is 11.8 Å². The van der Waals surface area contributed by atoms with Gasteiger partial charge in [0, 0.05) is 30.4 Å². The lowest BCUT2D eigenvalue weighted by atomic mass is 10.2. The monoisotopic (exact) mass is 410 g/mol. The summed E-state index contributed by atoms with van der Waals surface area (Å²) in [4.78, 5) is 28.0. The molecule has 10 heteroatoms. The van der Waals surface area contributed by atoms with Crippen molar-refractivity contribution >= 4 is 33.4 Å². The van der Waals surface area contributed by atoms with Crippen molar-refractivity contribution < 1.29 is 18.0 Å². The topological polar surface area (TPSA) is 108 Å². The molecule has 0 aliphatic rings. The van der Waals surface area contributed by atoms with Crippen molar-refractivity contribution in [3.05, 3.63) is 58.9 Å². The molecule has 1 aromatic heterocycles. The van der Waals surface area contributed by atoms with Crippen LogP contribution in [0.5, 0.6) is 0 Å². The van der Waals surface area contributed by atoms with Gasteiger partial charge >= 0.3 is 0 Å². The Morgan fingerprint density at radius 3 is 2.19 bits per heavy atom. The highest BCUT2D eigenvalue weighted by Gasteiger charge is 2.22. The van der Waals surface area contributed by atoms with Crippen LogP contribution in [0, 0.1) is 0 Å². The number of rotatable bonds is 6. The summed E-state index contributed by atoms with van der Waals surface area (Å²) >= 11 is 5.72. The van der Waals surface area contributed by atoms with Crippen LogP contribution < -0.4 is 10.9 Å². The predicted octanol–water partition coefficient (Wildman–Crippen LogP) is 1.84. The van der Waals surface area contributed by atoms with Crippen LogP contribution in [0.2, 0.25) is 5.15 Å². The molecule has 2 amide bonds. The number of aromatic nitrogens is 1. The van der Waals surface area contributed by atoms with E-state index in [0.717, 1.165) is 0 Å². The van der Waals surface area contributed by atoms with Gasteiger partial charge in [0.15, 0.2) is 0 Å². The van der Waals surface area contributed by atoms with Gasteiger partial charge in [-0.2, -0.15) is 4.31 Å². The number of hydrogen-bond donors (Lipinski definition) is 2. The Kier molecular flexibility index (Phi) is 6.89. The van der Waals surface area contributed by atoms with Gasteiger partial charge in [0.1, 0.15) is 5.15 Å². The Morgan fingerprint density at radius 2 is 1.63 bits per heavy atom. The summed E-state index contributed by atoms with van der Waals surface area (Å²) in [5, 5.41) is 0.142. The summed E-state index contributed by atoms with van der Waals surface area (Å²) in [6.45, 7) is 4.11. The van der Waals surface area contributed by atoms with Crippen LogP contribution in [0.15, 0.2) is 47.5 Å². The lowest BCUT2D eigenvalue weighted by Gasteiger charge is -2.18. The van der Waals surface area contributed by atoms with Crippen LogP contribution in [0.1, 0.15) is 34.6 Å². The number of hydrazine groups is 1. The van der Waals surface area contributed by atoms with Gasteiger partial charge in [0.05, 0.1) is 4.90 Å². The molecule has 0 unspecified atom stereocenters. The van der Waals surface area contributed by atoms with E-state index in [-0.39, 0.29) is 21.2 Å². The maximum absolute atomic E-state index is 12.6. The molecule has 0 fully saturated rings. The van der Waals surface area contributed by atoms with E-state index < -0.39 is 21.8 Å². The number of benzene rings is 1. The molecule has 0 saturated heterocycles. The van der Waals surface area contributed by atoms with Crippen LogP contribution in [0.3, 0.4) is 0 Å². The van der Waals surface area contributed by atoms with Gasteiger partial charge in [-0.3, -0.25) is 20.4 Å². The predicted molar refractivity (Wildman–Crippen MR) is 101 cm³/mol. The van der Waals surface area contributed by atoms with E-state index >= 15 is 0 Å². The van der Waals surface area contributed by atoms with Crippen molar-refractivity contribution in [2.45, 2.75) is 18.7 Å². The Balaban J connectivity index is 2.12. The zero-order valence-electron chi connectivity index (χ0n) is 14.8. The fourth-order valence-electron chi connectivity index (χ4n) is 2.31. The molecule has 2 rings (SSSR count). The first-order valence-corrected chi connectivity index (χ1v) is 9.93. The van der Waals surface area contributed by atoms with Crippen molar-refractivity contribution in [3.63, 3.8) is 0 Å². The number of pyridine rings is 1. The second-order valence-electron chi connectivity index (χ2n) is 5.39. The summed E-state index contributed by atoms with van der Waals surface area (Å²) in [7, 11) is -3.69. The van der Waals surface area contributed by atoms with Gasteiger partial charge in [-0.1, -0.05) is 31.5 Å². The van der Waals surface area contributed by atoms with Crippen LogP contribution in [-0.4, -0.2) is 42.6 Å². The molecule has 1 aromatic carbocycles. The normalized spacial score (nSPS) is 11.3. The number of halogens is 1. The van der Waals surface area contributed by atoms with Gasteiger partial charge in [-0.05, 0) is 30.3 Å². The summed E-state index contributed by atoms with van der Waals surface area (Å²) in [6, 6.07) is 8.38. The summed E-state index contributed by atoms with van der Waals surface area (Å²) in [6.07, 6.45) is 1.36. The summed E-state index contributed by atoms with van der Waals surface area (Å²) in [5.74, 6) is -1.24. The fourth-order valence-corrected chi connectivity index (χ4v) is 3.99. The lowest BCUT2D eigenvalue weighted by Crippen LogP contribution is -2.41. The Morgan fingerprint density at radius 1 is 1.04 bits per heavy atom. The van der Waals surface area contributed by atoms with E-state index in [1.54, 1.807) is 13.8 Å². The van der Waals surface area contributed by atoms with Gasteiger partial charge in [-0.25, -0.2) is 13.4 Å². The SMILES string of the molecule is CCN(CC)S(=O)(=O)c1cccc(C(=O)NNC(=O)c2ccnc(Cl)c2)c1. The zero-order valence-corrected chi connectivity index (χ0v) is 16.3. The molecule has 0 saturated carbocycles. The largest absolute Gasteiger partial charge is 0.269 e. The first-order chi connectivity index (χ1) is 12.8. The number of carbonyl (C=O) groups excluding carboxylic acids is 2. The second-order valence-corrected chi connectivity index (χ2v) is 7.72. The van der Waals surface area contributed by atoms with Crippen molar-refractivity contribution in [2.75, 3.05) is 13.1 Å². The highest BCUT2D eigenvalue weighted by molar-refractivity contribution is 7.89. The first kappa shape index (κ1) is 20.8. The number of sulfonamides is 1. The molecule has 1 heterocycles. The molecule has 0 aliphatic carbocycles. The number of hydrogen-bond acceptors (Lipinski definition) is 5. The molecule has 27 heavy (non-hydrogen) atoms. The first-order valence-electron chi connectivity index (χ1n) is 8.12. The van der Waals surface area contributed by atoms with Crippen molar-refractivity contribution in [3.8, 4) is 0 Å². The van der Waals surface area contributed by atoms with E-state index in [1.807, 2.05) is 0 Å². The van der Waals surface area contributed by atoms with E-state index in [9.17, 15) is 18.0 Å². The number of nitrogens with one attached hydrogen (secondary N) is 2. The average molecular weight is 411 g/mol. The molecular formula is C17H19ClN4O4S. The van der Waals surface area contributed by atoms with Crippen molar-refractivity contribution in [1.29, 1.82) is 0 Å². The minimum atomic E-state index is -3.69. The van der Waals surface area contributed by atoms with E-state index in [0.29, 0.717) is 13.1 Å². The molecule has 0 bridgehead atoms. The standard InChI is InChI=1S/C17H19ClN4O4S/c1-3-22(4-2)27(25,26)14-7-5-6-12(10-14)16(23)20-21-17(24)13-8-9-19-15(18)11-13/h5-11H,3-4H2,1-2H3,(H,20,23)(H,21,24). The molecule has 0 spiro atoms. The Bertz CT molecular complexity index is 945. The van der Waals surface area contributed by atoms with Gasteiger partial charge in [0.2, 0.25) is 10.0 Å². The second kappa shape index (κ2) is 8.94. The van der Waals surface area contributed by atoms with E-state index in [2.05, 4.69) is 15.8 Å². The van der Waals surface area contributed by atoms with E-state index in [1.165, 1.54) is 46.9 Å². The fraction of sp³-hybridized carbons (Fsp3) is 0.235. The molecule has 0 atom stereocenters. The highest BCUT2D eigenvalue weighted by atomic mass is 35.5. The Hall–Kier alpha value is -2.49. The van der Waals surface area contributed by atoms with Gasteiger partial charge < -0.3 is 0 Å². The van der Waals surface area contributed by atoms with Crippen molar-refractivity contribution in [2.24, 2.45) is 0 Å². The Labute approximate surface area is 162 Å². The maximum atomic E-state index is 12.6.